The maximum absolute atomic E-state index is 12.6. The van der Waals surface area contributed by atoms with E-state index in [0.717, 1.165) is 71.5 Å². The largest absolute Gasteiger partial charge is 0.323 e. The number of rotatable bonds is 6. The van der Waals surface area contributed by atoms with Crippen molar-refractivity contribution < 1.29 is 4.79 Å². The summed E-state index contributed by atoms with van der Waals surface area (Å²) in [5.41, 5.74) is 8.03. The number of fused-ring (bicyclic) bond motifs is 1. The summed E-state index contributed by atoms with van der Waals surface area (Å²) < 4.78 is 2.31. The Morgan fingerprint density at radius 1 is 1.06 bits per heavy atom. The molecule has 5 nitrogen and oxygen atoms in total. The van der Waals surface area contributed by atoms with Crippen LogP contribution in [-0.4, -0.2) is 22.0 Å². The van der Waals surface area contributed by atoms with Gasteiger partial charge in [0, 0.05) is 31.6 Å². The van der Waals surface area contributed by atoms with Gasteiger partial charge in [-0.2, -0.15) is 5.26 Å². The summed E-state index contributed by atoms with van der Waals surface area (Å²) in [5, 5.41) is 9.46. The van der Waals surface area contributed by atoms with Crippen molar-refractivity contribution in [2.24, 2.45) is 0 Å². The first-order chi connectivity index (χ1) is 17.1. The molecular weight excluding hydrogens is 432 g/mol. The molecule has 0 bridgehead atoms. The SMILES string of the molecule is CCCc1nc2c(C)cc(N3CCCCC3=O)cc2n1Cc1ccc(-c2ccccc2C#N)cc1. The first kappa shape index (κ1) is 22.9. The van der Waals surface area contributed by atoms with E-state index in [9.17, 15) is 10.1 Å². The predicted octanol–water partition coefficient (Wildman–Crippen LogP) is 6.40. The van der Waals surface area contributed by atoms with Gasteiger partial charge in [-0.3, -0.25) is 4.79 Å². The molecule has 1 fully saturated rings. The third kappa shape index (κ3) is 4.44. The van der Waals surface area contributed by atoms with Crippen molar-refractivity contribution >= 4 is 22.6 Å². The quantitative estimate of drug-likeness (QED) is 0.333. The number of anilines is 1. The van der Waals surface area contributed by atoms with E-state index in [1.165, 1.54) is 5.56 Å². The Bertz CT molecular complexity index is 1430. The molecular formula is C30H30N4O. The molecule has 0 radical (unpaired) electrons. The van der Waals surface area contributed by atoms with Gasteiger partial charge in [-0.15, -0.1) is 0 Å². The Balaban J connectivity index is 1.53. The van der Waals surface area contributed by atoms with Crippen molar-refractivity contribution in [3.63, 3.8) is 0 Å². The summed E-state index contributed by atoms with van der Waals surface area (Å²) >= 11 is 0. The lowest BCUT2D eigenvalue weighted by Gasteiger charge is -2.27. The topological polar surface area (TPSA) is 61.9 Å². The molecule has 0 spiro atoms. The minimum atomic E-state index is 0.211. The number of hydrogen-bond acceptors (Lipinski definition) is 3. The maximum Gasteiger partial charge on any atom is 0.226 e. The summed E-state index contributed by atoms with van der Waals surface area (Å²) in [6.07, 6.45) is 4.57. The number of carbonyl (C=O) groups excluding carboxylic acids is 1. The van der Waals surface area contributed by atoms with Crippen LogP contribution in [0.25, 0.3) is 22.2 Å². The average Bonchev–Trinajstić information content (AvgIpc) is 3.22. The molecule has 4 aromatic rings. The van der Waals surface area contributed by atoms with Crippen LogP contribution in [0.2, 0.25) is 0 Å². The fourth-order valence-corrected chi connectivity index (χ4v) is 5.05. The smallest absolute Gasteiger partial charge is 0.226 e. The van der Waals surface area contributed by atoms with E-state index in [1.54, 1.807) is 0 Å². The Hall–Kier alpha value is -3.91. The van der Waals surface area contributed by atoms with Gasteiger partial charge in [0.2, 0.25) is 5.91 Å². The average molecular weight is 463 g/mol. The molecule has 0 N–H and O–H groups in total. The Labute approximate surface area is 206 Å². The lowest BCUT2D eigenvalue weighted by molar-refractivity contribution is -0.119. The molecule has 0 atom stereocenters. The Morgan fingerprint density at radius 3 is 2.60 bits per heavy atom. The van der Waals surface area contributed by atoms with Crippen LogP contribution in [0.5, 0.6) is 0 Å². The van der Waals surface area contributed by atoms with E-state index in [-0.39, 0.29) is 5.91 Å². The van der Waals surface area contributed by atoms with Crippen molar-refractivity contribution in [2.75, 3.05) is 11.4 Å². The molecule has 2 heterocycles. The van der Waals surface area contributed by atoms with Crippen LogP contribution >= 0.6 is 0 Å². The van der Waals surface area contributed by atoms with Gasteiger partial charge in [-0.1, -0.05) is 49.4 Å². The molecule has 176 valence electrons. The van der Waals surface area contributed by atoms with Gasteiger partial charge in [-0.05, 0) is 66.6 Å². The zero-order valence-electron chi connectivity index (χ0n) is 20.4. The second-order valence-corrected chi connectivity index (χ2v) is 9.35. The van der Waals surface area contributed by atoms with E-state index in [0.29, 0.717) is 18.5 Å². The highest BCUT2D eigenvalue weighted by molar-refractivity contribution is 5.96. The lowest BCUT2D eigenvalue weighted by Crippen LogP contribution is -2.35. The number of hydrogen-bond donors (Lipinski definition) is 0. The standard InChI is InChI=1S/C30H30N4O/c1-3-8-28-32-30-21(2)17-25(33-16-7-6-11-29(33)35)18-27(30)34(28)20-22-12-14-23(15-13-22)26-10-5-4-9-24(26)19-31/h4-5,9-10,12-15,17-18H,3,6-8,11,16,20H2,1-2H3. The van der Waals surface area contributed by atoms with Gasteiger partial charge in [0.1, 0.15) is 5.82 Å². The highest BCUT2D eigenvalue weighted by Crippen LogP contribution is 2.30. The fourth-order valence-electron chi connectivity index (χ4n) is 5.05. The molecule has 5 heteroatoms. The van der Waals surface area contributed by atoms with E-state index in [1.807, 2.05) is 29.2 Å². The second-order valence-electron chi connectivity index (χ2n) is 9.35. The minimum absolute atomic E-state index is 0.211. The molecule has 1 aliphatic heterocycles. The summed E-state index contributed by atoms with van der Waals surface area (Å²) in [7, 11) is 0. The van der Waals surface area contributed by atoms with Crippen LogP contribution in [0.15, 0.2) is 60.7 Å². The molecule has 1 aliphatic rings. The number of aryl methyl sites for hydroxylation is 2. The maximum atomic E-state index is 12.6. The van der Waals surface area contributed by atoms with Crippen LogP contribution in [0, 0.1) is 18.3 Å². The van der Waals surface area contributed by atoms with E-state index >= 15 is 0 Å². The van der Waals surface area contributed by atoms with Gasteiger partial charge in [0.05, 0.1) is 22.7 Å². The van der Waals surface area contributed by atoms with Crippen molar-refractivity contribution in [1.29, 1.82) is 5.26 Å². The van der Waals surface area contributed by atoms with Crippen LogP contribution in [0.4, 0.5) is 5.69 Å². The van der Waals surface area contributed by atoms with Crippen LogP contribution in [0.1, 0.15) is 55.1 Å². The molecule has 0 aliphatic carbocycles. The molecule has 1 amide bonds. The number of aromatic nitrogens is 2. The molecule has 5 rings (SSSR count). The van der Waals surface area contributed by atoms with Gasteiger partial charge < -0.3 is 9.47 Å². The first-order valence-corrected chi connectivity index (χ1v) is 12.5. The number of amides is 1. The highest BCUT2D eigenvalue weighted by Gasteiger charge is 2.22. The van der Waals surface area contributed by atoms with Crippen molar-refractivity contribution in [3.8, 4) is 17.2 Å². The number of benzene rings is 3. The fraction of sp³-hybridized carbons (Fsp3) is 0.300. The highest BCUT2D eigenvalue weighted by atomic mass is 16.2. The number of nitrogens with zero attached hydrogens (tertiary/aromatic N) is 4. The predicted molar refractivity (Wildman–Crippen MR) is 140 cm³/mol. The first-order valence-electron chi connectivity index (χ1n) is 12.5. The van der Waals surface area contributed by atoms with Gasteiger partial charge in [0.25, 0.3) is 0 Å². The normalized spacial score (nSPS) is 13.9. The lowest BCUT2D eigenvalue weighted by atomic mass is 9.99. The Morgan fingerprint density at radius 2 is 1.86 bits per heavy atom. The summed E-state index contributed by atoms with van der Waals surface area (Å²) in [4.78, 5) is 19.6. The number of nitriles is 1. The molecule has 0 unspecified atom stereocenters. The summed E-state index contributed by atoms with van der Waals surface area (Å²) in [5.74, 6) is 1.29. The third-order valence-corrected chi connectivity index (χ3v) is 6.87. The molecule has 0 saturated carbocycles. The van der Waals surface area contributed by atoms with E-state index < -0.39 is 0 Å². The molecule has 35 heavy (non-hydrogen) atoms. The molecule has 1 aromatic heterocycles. The zero-order valence-corrected chi connectivity index (χ0v) is 20.4. The Kier molecular flexibility index (Phi) is 6.37. The van der Waals surface area contributed by atoms with E-state index in [4.69, 9.17) is 4.98 Å². The number of piperidine rings is 1. The second kappa shape index (κ2) is 9.76. The third-order valence-electron chi connectivity index (χ3n) is 6.87. The van der Waals surface area contributed by atoms with Gasteiger partial charge in [-0.25, -0.2) is 4.98 Å². The zero-order chi connectivity index (χ0) is 24.4. The van der Waals surface area contributed by atoms with Crippen molar-refractivity contribution in [1.82, 2.24) is 9.55 Å². The molecule has 3 aromatic carbocycles. The van der Waals surface area contributed by atoms with Gasteiger partial charge >= 0.3 is 0 Å². The molecule has 1 saturated heterocycles. The van der Waals surface area contributed by atoms with Crippen LogP contribution in [0.3, 0.4) is 0 Å². The van der Waals surface area contributed by atoms with Gasteiger partial charge in [0.15, 0.2) is 0 Å². The van der Waals surface area contributed by atoms with E-state index in [2.05, 4.69) is 60.9 Å². The van der Waals surface area contributed by atoms with Crippen molar-refractivity contribution in [2.45, 2.75) is 52.5 Å². The summed E-state index contributed by atoms with van der Waals surface area (Å²) in [6, 6.07) is 22.7. The van der Waals surface area contributed by atoms with Crippen LogP contribution in [-0.2, 0) is 17.8 Å². The monoisotopic (exact) mass is 462 g/mol. The minimum Gasteiger partial charge on any atom is -0.323 e. The number of carbonyl (C=O) groups is 1. The van der Waals surface area contributed by atoms with Crippen molar-refractivity contribution in [3.05, 3.63) is 83.2 Å². The number of imidazole rings is 1. The summed E-state index contributed by atoms with van der Waals surface area (Å²) in [6.45, 7) is 5.76. The van der Waals surface area contributed by atoms with Crippen LogP contribution < -0.4 is 4.90 Å².